The maximum atomic E-state index is 10.2. The molecule has 8 atom stereocenters. The predicted octanol–water partition coefficient (Wildman–Crippen LogP) is 8.35. The third kappa shape index (κ3) is 5.48. The predicted molar refractivity (Wildman–Crippen MR) is 142 cm³/mol. The van der Waals surface area contributed by atoms with Gasteiger partial charge in [0.25, 0.3) is 0 Å². The van der Waals surface area contributed by atoms with Crippen molar-refractivity contribution in [2.24, 2.45) is 46.3 Å². The SMILES string of the molecule is CC(C)CCC[C@@H](C)[C@H]1CC[C@H]2[C@@H]3CC=C4C[C@@H](O)CC[C@]4(C)[C@H]3CC[C@]12C.O=C(S)S. The molecule has 0 bridgehead atoms. The van der Waals surface area contributed by atoms with Crippen LogP contribution in [0.3, 0.4) is 0 Å². The first kappa shape index (κ1) is 26.7. The number of carbonyl (C=O) groups excluding carboxylic acids is 1. The van der Waals surface area contributed by atoms with Gasteiger partial charge in [0, 0.05) is 0 Å². The van der Waals surface area contributed by atoms with Gasteiger partial charge in [0.15, 0.2) is 0 Å². The van der Waals surface area contributed by atoms with Crippen LogP contribution in [0.15, 0.2) is 11.6 Å². The fourth-order valence-corrected chi connectivity index (χ4v) is 8.67. The van der Waals surface area contributed by atoms with Crippen molar-refractivity contribution in [1.82, 2.24) is 0 Å². The molecule has 0 aromatic rings. The lowest BCUT2D eigenvalue weighted by atomic mass is 9.47. The van der Waals surface area contributed by atoms with Gasteiger partial charge < -0.3 is 5.11 Å². The zero-order valence-corrected chi connectivity index (χ0v) is 22.9. The van der Waals surface area contributed by atoms with E-state index in [1.54, 1.807) is 5.57 Å². The molecule has 3 saturated carbocycles. The van der Waals surface area contributed by atoms with Crippen molar-refractivity contribution in [2.75, 3.05) is 0 Å². The van der Waals surface area contributed by atoms with Gasteiger partial charge in [0.1, 0.15) is 0 Å². The van der Waals surface area contributed by atoms with Gasteiger partial charge in [0.05, 0.1) is 6.10 Å². The van der Waals surface area contributed by atoms with Crippen molar-refractivity contribution in [2.45, 2.75) is 111 Å². The van der Waals surface area contributed by atoms with E-state index in [-0.39, 0.29) is 6.10 Å². The minimum atomic E-state index is -0.444. The summed E-state index contributed by atoms with van der Waals surface area (Å²) in [5.74, 6) is 5.46. The lowest BCUT2D eigenvalue weighted by molar-refractivity contribution is -0.0573. The van der Waals surface area contributed by atoms with Crippen molar-refractivity contribution in [3.8, 4) is 0 Å². The first-order valence-corrected chi connectivity index (χ1v) is 14.2. The largest absolute Gasteiger partial charge is 0.393 e. The number of aliphatic hydroxyl groups is 1. The summed E-state index contributed by atoms with van der Waals surface area (Å²) >= 11 is 6.38. The first-order valence-electron chi connectivity index (χ1n) is 13.3. The number of rotatable bonds is 5. The number of hydrogen-bond donors (Lipinski definition) is 3. The average molecular weight is 481 g/mol. The standard InChI is InChI=1S/C27H46O.CH2OS2/c1-18(2)7-6-8-19(3)23-11-12-24-22-10-9-20-17-21(28)13-15-26(20,4)25(22)14-16-27(23,24)5;2-1(3)4/h9,18-19,21-25,28H,6-8,10-17H2,1-5H3;(H2,2,3,4)/t19-,21+,22+,23-,24+,25+,26+,27-;/m1./s1. The van der Waals surface area contributed by atoms with Gasteiger partial charge in [-0.15, -0.1) is 0 Å². The fourth-order valence-electron chi connectivity index (χ4n) is 8.67. The third-order valence-electron chi connectivity index (χ3n) is 10.3. The van der Waals surface area contributed by atoms with Gasteiger partial charge in [0.2, 0.25) is 4.45 Å². The Morgan fingerprint density at radius 2 is 1.75 bits per heavy atom. The van der Waals surface area contributed by atoms with E-state index < -0.39 is 4.45 Å². The lowest BCUT2D eigenvalue weighted by Crippen LogP contribution is -2.50. The van der Waals surface area contributed by atoms with Crippen LogP contribution in [-0.4, -0.2) is 15.7 Å². The van der Waals surface area contributed by atoms with Crippen LogP contribution >= 0.6 is 25.3 Å². The van der Waals surface area contributed by atoms with E-state index in [0.717, 1.165) is 48.3 Å². The van der Waals surface area contributed by atoms with E-state index in [9.17, 15) is 9.90 Å². The van der Waals surface area contributed by atoms with E-state index in [4.69, 9.17) is 0 Å². The molecule has 0 heterocycles. The van der Waals surface area contributed by atoms with Crippen molar-refractivity contribution in [1.29, 1.82) is 0 Å². The second kappa shape index (κ2) is 10.8. The molecule has 0 unspecified atom stereocenters. The number of allylic oxidation sites excluding steroid dienone is 1. The smallest absolute Gasteiger partial charge is 0.239 e. The number of thiol groups is 2. The first-order chi connectivity index (χ1) is 15.0. The van der Waals surface area contributed by atoms with E-state index in [1.165, 1.54) is 57.8 Å². The third-order valence-corrected chi connectivity index (χ3v) is 10.3. The Morgan fingerprint density at radius 1 is 1.06 bits per heavy atom. The van der Waals surface area contributed by atoms with Crippen molar-refractivity contribution >= 4 is 29.7 Å². The average Bonchev–Trinajstić information content (AvgIpc) is 3.05. The van der Waals surface area contributed by atoms with Crippen LogP contribution in [0.25, 0.3) is 0 Å². The number of carbonyl (C=O) groups is 1. The number of hydrogen-bond acceptors (Lipinski definition) is 2. The topological polar surface area (TPSA) is 37.3 Å². The maximum absolute atomic E-state index is 10.2. The van der Waals surface area contributed by atoms with Gasteiger partial charge in [-0.3, -0.25) is 4.79 Å². The minimum absolute atomic E-state index is 0.0766. The highest BCUT2D eigenvalue weighted by Crippen LogP contribution is 2.67. The number of aliphatic hydroxyl groups excluding tert-OH is 1. The van der Waals surface area contributed by atoms with Gasteiger partial charge >= 0.3 is 0 Å². The molecule has 4 aliphatic rings. The Hall–Kier alpha value is 0.0700. The van der Waals surface area contributed by atoms with Crippen LogP contribution in [0.2, 0.25) is 0 Å². The van der Waals surface area contributed by atoms with Crippen molar-refractivity contribution in [3.63, 3.8) is 0 Å². The summed E-state index contributed by atoms with van der Waals surface area (Å²) in [6.07, 6.45) is 17.2. The van der Waals surface area contributed by atoms with Crippen LogP contribution in [0, 0.1) is 46.3 Å². The molecular weight excluding hydrogens is 432 g/mol. The van der Waals surface area contributed by atoms with E-state index in [0.29, 0.717) is 10.8 Å². The molecule has 0 radical (unpaired) electrons. The maximum Gasteiger partial charge on any atom is 0.239 e. The second-order valence-electron chi connectivity index (χ2n) is 12.5. The molecule has 32 heavy (non-hydrogen) atoms. The van der Waals surface area contributed by atoms with Crippen molar-refractivity contribution in [3.05, 3.63) is 11.6 Å². The normalized spacial score (nSPS) is 41.5. The van der Waals surface area contributed by atoms with Crippen LogP contribution < -0.4 is 0 Å². The fraction of sp³-hybridized carbons (Fsp3) is 0.893. The molecule has 184 valence electrons. The number of fused-ring (bicyclic) bond motifs is 5. The minimum Gasteiger partial charge on any atom is -0.393 e. The van der Waals surface area contributed by atoms with Crippen LogP contribution in [0.1, 0.15) is 105 Å². The van der Waals surface area contributed by atoms with Crippen molar-refractivity contribution < 1.29 is 9.90 Å². The van der Waals surface area contributed by atoms with Crippen LogP contribution in [-0.2, 0) is 0 Å². The summed E-state index contributed by atoms with van der Waals surface area (Å²) in [5, 5.41) is 10.2. The molecule has 3 fully saturated rings. The molecule has 0 aromatic carbocycles. The summed E-state index contributed by atoms with van der Waals surface area (Å²) in [4.78, 5) is 9.17. The zero-order valence-electron chi connectivity index (χ0n) is 21.1. The van der Waals surface area contributed by atoms with E-state index in [1.807, 2.05) is 0 Å². The summed E-state index contributed by atoms with van der Waals surface area (Å²) in [6.45, 7) is 12.6. The second-order valence-corrected chi connectivity index (χ2v) is 13.6. The van der Waals surface area contributed by atoms with Gasteiger partial charge in [-0.1, -0.05) is 90.8 Å². The highest BCUT2D eigenvalue weighted by molar-refractivity contribution is 8.23. The molecule has 0 spiro atoms. The Labute approximate surface area is 208 Å². The van der Waals surface area contributed by atoms with E-state index >= 15 is 0 Å². The molecular formula is C28H48O2S2. The lowest BCUT2D eigenvalue weighted by Gasteiger charge is -2.58. The van der Waals surface area contributed by atoms with Crippen LogP contribution in [0.5, 0.6) is 0 Å². The quantitative estimate of drug-likeness (QED) is 0.273. The summed E-state index contributed by atoms with van der Waals surface area (Å²) in [6, 6.07) is 0. The molecule has 2 nitrogen and oxygen atoms in total. The van der Waals surface area contributed by atoms with E-state index in [2.05, 4.69) is 66.0 Å². The Balaban J connectivity index is 0.000000668. The molecule has 0 saturated heterocycles. The Morgan fingerprint density at radius 3 is 2.41 bits per heavy atom. The molecule has 0 aliphatic heterocycles. The zero-order chi connectivity index (χ0) is 23.7. The summed E-state index contributed by atoms with van der Waals surface area (Å²) in [7, 11) is 0. The molecule has 1 N–H and O–H groups in total. The van der Waals surface area contributed by atoms with Crippen LogP contribution in [0.4, 0.5) is 4.79 Å². The van der Waals surface area contributed by atoms with Gasteiger partial charge in [-0.2, -0.15) is 0 Å². The molecule has 0 amide bonds. The monoisotopic (exact) mass is 480 g/mol. The van der Waals surface area contributed by atoms with Gasteiger partial charge in [-0.25, -0.2) is 0 Å². The van der Waals surface area contributed by atoms with Gasteiger partial charge in [-0.05, 0) is 97.7 Å². The molecule has 4 heteroatoms. The molecule has 0 aromatic heterocycles. The highest BCUT2D eigenvalue weighted by Gasteiger charge is 2.59. The highest BCUT2D eigenvalue weighted by atomic mass is 32.2. The summed E-state index contributed by atoms with van der Waals surface area (Å²) < 4.78 is -0.444. The Bertz CT molecular complexity index is 685. The Kier molecular flexibility index (Phi) is 8.98. The summed E-state index contributed by atoms with van der Waals surface area (Å²) in [5.41, 5.74) is 2.60. The molecule has 4 rings (SSSR count). The molecule has 4 aliphatic carbocycles.